The van der Waals surface area contributed by atoms with Gasteiger partial charge < -0.3 is 10.4 Å². The predicted octanol–water partition coefficient (Wildman–Crippen LogP) is 0.272. The molecule has 2 atom stereocenters. The number of hydrogen-bond acceptors (Lipinski definition) is 2. The lowest BCUT2D eigenvalue weighted by Gasteiger charge is -2.13. The van der Waals surface area contributed by atoms with E-state index >= 15 is 0 Å². The van der Waals surface area contributed by atoms with Gasteiger partial charge >= 0.3 is 6.18 Å². The maximum atomic E-state index is 11.8. The lowest BCUT2D eigenvalue weighted by molar-refractivity contribution is -0.153. The van der Waals surface area contributed by atoms with Crippen molar-refractivity contribution < 1.29 is 18.3 Å². The zero-order valence-corrected chi connectivity index (χ0v) is 5.15. The van der Waals surface area contributed by atoms with Gasteiger partial charge in [-0.3, -0.25) is 0 Å². The largest absolute Gasteiger partial charge is 0.403 e. The maximum Gasteiger partial charge on any atom is 0.403 e. The van der Waals surface area contributed by atoms with Gasteiger partial charge in [0.05, 0.1) is 6.10 Å². The van der Waals surface area contributed by atoms with Crippen LogP contribution in [0.3, 0.4) is 0 Å². The first-order chi connectivity index (χ1) is 4.50. The molecular formula is C5H8F3NO. The quantitative estimate of drug-likeness (QED) is 0.526. The second kappa shape index (κ2) is 2.39. The Morgan fingerprint density at radius 1 is 1.40 bits per heavy atom. The standard InChI is InChI=1S/C5H8F3NO/c6-5(7,8)4-1-3(10)2-9-4/h3-4,9-10H,1-2H2/t3-,4-/m1/s1. The van der Waals surface area contributed by atoms with E-state index in [0.717, 1.165) is 0 Å². The first-order valence-electron chi connectivity index (χ1n) is 2.98. The fourth-order valence-corrected chi connectivity index (χ4v) is 0.966. The summed E-state index contributed by atoms with van der Waals surface area (Å²) < 4.78 is 35.3. The third kappa shape index (κ3) is 1.60. The molecule has 10 heavy (non-hydrogen) atoms. The molecule has 0 bridgehead atoms. The van der Waals surface area contributed by atoms with Crippen LogP contribution < -0.4 is 5.32 Å². The van der Waals surface area contributed by atoms with E-state index in [9.17, 15) is 13.2 Å². The van der Waals surface area contributed by atoms with Gasteiger partial charge in [0.2, 0.25) is 0 Å². The summed E-state index contributed by atoms with van der Waals surface area (Å²) in [6.07, 6.45) is -5.27. The molecule has 2 N–H and O–H groups in total. The molecule has 1 heterocycles. The molecule has 0 aromatic rings. The molecule has 0 spiro atoms. The SMILES string of the molecule is O[C@H]1CN[C@@H](C(F)(F)F)C1. The van der Waals surface area contributed by atoms with Crippen LogP contribution in [0.15, 0.2) is 0 Å². The highest BCUT2D eigenvalue weighted by Crippen LogP contribution is 2.26. The normalized spacial score (nSPS) is 34.8. The van der Waals surface area contributed by atoms with Crippen molar-refractivity contribution in [1.29, 1.82) is 0 Å². The van der Waals surface area contributed by atoms with Gasteiger partial charge in [-0.05, 0) is 6.42 Å². The van der Waals surface area contributed by atoms with Crippen molar-refractivity contribution in [2.24, 2.45) is 0 Å². The van der Waals surface area contributed by atoms with Gasteiger partial charge in [0.1, 0.15) is 6.04 Å². The zero-order valence-electron chi connectivity index (χ0n) is 5.15. The molecule has 1 rings (SSSR count). The van der Waals surface area contributed by atoms with Crippen LogP contribution in [0.2, 0.25) is 0 Å². The minimum Gasteiger partial charge on any atom is -0.392 e. The molecule has 0 saturated carbocycles. The van der Waals surface area contributed by atoms with Crippen molar-refractivity contribution >= 4 is 0 Å². The van der Waals surface area contributed by atoms with Gasteiger partial charge in [-0.15, -0.1) is 0 Å². The molecule has 1 fully saturated rings. The highest BCUT2D eigenvalue weighted by Gasteiger charge is 2.43. The number of rotatable bonds is 0. The molecule has 1 aliphatic rings. The average molecular weight is 155 g/mol. The first kappa shape index (κ1) is 7.81. The lowest BCUT2D eigenvalue weighted by atomic mass is 10.2. The molecule has 0 radical (unpaired) electrons. The van der Waals surface area contributed by atoms with Crippen LogP contribution in [0.1, 0.15) is 6.42 Å². The molecule has 1 saturated heterocycles. The minimum absolute atomic E-state index is 0.0458. The first-order valence-corrected chi connectivity index (χ1v) is 2.98. The number of β-amino-alcohol motifs (C(OH)–C–C–N with tert-alkyl or cyclic N) is 1. The molecule has 2 nitrogen and oxygen atoms in total. The van der Waals surface area contributed by atoms with E-state index in [0.29, 0.717) is 0 Å². The molecule has 0 unspecified atom stereocenters. The monoisotopic (exact) mass is 155 g/mol. The van der Waals surface area contributed by atoms with E-state index in [-0.39, 0.29) is 13.0 Å². The summed E-state index contributed by atoms with van der Waals surface area (Å²) in [7, 11) is 0. The van der Waals surface area contributed by atoms with Crippen LogP contribution in [0.25, 0.3) is 0 Å². The number of aliphatic hydroxyl groups excluding tert-OH is 1. The molecule has 0 aromatic carbocycles. The van der Waals surface area contributed by atoms with Crippen LogP contribution in [-0.4, -0.2) is 30.0 Å². The number of aliphatic hydroxyl groups is 1. The average Bonchev–Trinajstić information content (AvgIpc) is 2.11. The van der Waals surface area contributed by atoms with Crippen LogP contribution in [0.5, 0.6) is 0 Å². The third-order valence-corrected chi connectivity index (χ3v) is 1.50. The topological polar surface area (TPSA) is 32.3 Å². The summed E-state index contributed by atoms with van der Waals surface area (Å²) in [6.45, 7) is 0.0458. The summed E-state index contributed by atoms with van der Waals surface area (Å²) in [4.78, 5) is 0. The Balaban J connectivity index is 2.45. The van der Waals surface area contributed by atoms with Crippen LogP contribution >= 0.6 is 0 Å². The van der Waals surface area contributed by atoms with Gasteiger partial charge in [-0.25, -0.2) is 0 Å². The van der Waals surface area contributed by atoms with Gasteiger partial charge in [0.25, 0.3) is 0 Å². The second-order valence-corrected chi connectivity index (χ2v) is 2.39. The fourth-order valence-electron chi connectivity index (χ4n) is 0.966. The van der Waals surface area contributed by atoms with E-state index in [2.05, 4.69) is 5.32 Å². The molecule has 0 aromatic heterocycles. The molecule has 1 aliphatic heterocycles. The van der Waals surface area contributed by atoms with Gasteiger partial charge in [-0.1, -0.05) is 0 Å². The van der Waals surface area contributed by atoms with E-state index in [1.54, 1.807) is 0 Å². The maximum absolute atomic E-state index is 11.8. The number of hydrogen-bond donors (Lipinski definition) is 2. The van der Waals surface area contributed by atoms with Crippen LogP contribution in [-0.2, 0) is 0 Å². The Bertz CT molecular complexity index is 125. The minimum atomic E-state index is -4.21. The second-order valence-electron chi connectivity index (χ2n) is 2.39. The number of nitrogens with one attached hydrogen (secondary N) is 1. The van der Waals surface area contributed by atoms with Crippen molar-refractivity contribution in [3.05, 3.63) is 0 Å². The van der Waals surface area contributed by atoms with Crippen molar-refractivity contribution in [3.8, 4) is 0 Å². The fraction of sp³-hybridized carbons (Fsp3) is 1.00. The number of halogens is 3. The van der Waals surface area contributed by atoms with Crippen LogP contribution in [0.4, 0.5) is 13.2 Å². The van der Waals surface area contributed by atoms with Crippen molar-refractivity contribution in [2.75, 3.05) is 6.54 Å². The summed E-state index contributed by atoms with van der Waals surface area (Å²) >= 11 is 0. The molecule has 60 valence electrons. The highest BCUT2D eigenvalue weighted by molar-refractivity contribution is 4.85. The van der Waals surface area contributed by atoms with E-state index in [1.807, 2.05) is 0 Å². The van der Waals surface area contributed by atoms with Gasteiger partial charge in [0.15, 0.2) is 0 Å². The Morgan fingerprint density at radius 3 is 2.20 bits per heavy atom. The Labute approximate surface area is 56.0 Å². The summed E-state index contributed by atoms with van der Waals surface area (Å²) in [5.74, 6) is 0. The van der Waals surface area contributed by atoms with Gasteiger partial charge in [0, 0.05) is 6.54 Å². The predicted molar refractivity (Wildman–Crippen MR) is 28.5 cm³/mol. The Kier molecular flexibility index (Phi) is 1.87. The summed E-state index contributed by atoms with van der Waals surface area (Å²) in [5, 5.41) is 10.9. The third-order valence-electron chi connectivity index (χ3n) is 1.50. The smallest absolute Gasteiger partial charge is 0.392 e. The Morgan fingerprint density at radius 2 is 2.00 bits per heavy atom. The highest BCUT2D eigenvalue weighted by atomic mass is 19.4. The van der Waals surface area contributed by atoms with E-state index < -0.39 is 18.3 Å². The zero-order chi connectivity index (χ0) is 7.78. The van der Waals surface area contributed by atoms with Crippen LogP contribution in [0, 0.1) is 0 Å². The van der Waals surface area contributed by atoms with E-state index in [4.69, 9.17) is 5.11 Å². The van der Waals surface area contributed by atoms with Crippen molar-refractivity contribution in [1.82, 2.24) is 5.32 Å². The summed E-state index contributed by atoms with van der Waals surface area (Å²) in [6, 6.07) is -1.51. The van der Waals surface area contributed by atoms with Gasteiger partial charge in [-0.2, -0.15) is 13.2 Å². The Hall–Kier alpha value is -0.290. The summed E-state index contributed by atoms with van der Waals surface area (Å²) in [5.41, 5.74) is 0. The van der Waals surface area contributed by atoms with Crippen molar-refractivity contribution in [2.45, 2.75) is 24.7 Å². The molecular weight excluding hydrogens is 147 g/mol. The van der Waals surface area contributed by atoms with E-state index in [1.165, 1.54) is 0 Å². The molecule has 0 aliphatic carbocycles. The van der Waals surface area contributed by atoms with Crippen molar-refractivity contribution in [3.63, 3.8) is 0 Å². The molecule has 5 heteroatoms. The lowest BCUT2D eigenvalue weighted by Crippen LogP contribution is -2.36. The number of alkyl halides is 3. The molecule has 0 amide bonds.